The number of hydrogen-bond donors (Lipinski definition) is 3. The minimum Gasteiger partial charge on any atom is -0.454 e. The number of ether oxygens (including phenoxy) is 2. The lowest BCUT2D eigenvalue weighted by Gasteiger charge is -2.12. The zero-order chi connectivity index (χ0) is 19.6. The highest BCUT2D eigenvalue weighted by Gasteiger charge is 2.16. The number of aromatic nitrogens is 1. The maximum absolute atomic E-state index is 12.3. The van der Waals surface area contributed by atoms with Gasteiger partial charge >= 0.3 is 0 Å². The molecule has 0 spiro atoms. The third kappa shape index (κ3) is 4.16. The molecule has 2 aromatic carbocycles. The highest BCUT2D eigenvalue weighted by Crippen LogP contribution is 2.34. The fourth-order valence-corrected chi connectivity index (χ4v) is 4.46. The van der Waals surface area contributed by atoms with Gasteiger partial charge in [-0.1, -0.05) is 0 Å². The second-order valence-electron chi connectivity index (χ2n) is 5.61. The fourth-order valence-electron chi connectivity index (χ4n) is 2.43. The number of rotatable bonds is 5. The molecule has 3 N–H and O–H groups in total. The number of thiazole rings is 1. The molecule has 0 fully saturated rings. The van der Waals surface area contributed by atoms with Crippen molar-refractivity contribution in [3.63, 3.8) is 0 Å². The quantitative estimate of drug-likeness (QED) is 0.525. The van der Waals surface area contributed by atoms with Crippen molar-refractivity contribution in [1.82, 2.24) is 4.98 Å². The van der Waals surface area contributed by atoms with Crippen LogP contribution in [0.4, 0.5) is 16.5 Å². The summed E-state index contributed by atoms with van der Waals surface area (Å²) >= 11 is 6.51. The first kappa shape index (κ1) is 18.5. The highest BCUT2D eigenvalue weighted by atomic mass is 32.2. The number of benzene rings is 2. The molecule has 0 aliphatic carbocycles. The van der Waals surface area contributed by atoms with Gasteiger partial charge in [0, 0.05) is 29.0 Å². The molecule has 28 heavy (non-hydrogen) atoms. The number of fused-ring (bicyclic) bond motifs is 1. The Labute approximate surface area is 170 Å². The van der Waals surface area contributed by atoms with Crippen molar-refractivity contribution >= 4 is 55.2 Å². The molecule has 11 heteroatoms. The summed E-state index contributed by atoms with van der Waals surface area (Å²) in [7, 11) is -3.69. The van der Waals surface area contributed by atoms with Gasteiger partial charge < -0.3 is 20.1 Å². The third-order valence-corrected chi connectivity index (χ3v) is 6.08. The van der Waals surface area contributed by atoms with Crippen LogP contribution < -0.4 is 24.8 Å². The second kappa shape index (κ2) is 7.62. The molecule has 0 saturated carbocycles. The normalized spacial score (nSPS) is 12.4. The predicted octanol–water partition coefficient (Wildman–Crippen LogP) is 3.48. The van der Waals surface area contributed by atoms with E-state index in [4.69, 9.17) is 21.7 Å². The van der Waals surface area contributed by atoms with Gasteiger partial charge in [0.25, 0.3) is 10.0 Å². The summed E-state index contributed by atoms with van der Waals surface area (Å²) < 4.78 is 37.7. The number of hydrogen-bond acceptors (Lipinski definition) is 7. The summed E-state index contributed by atoms with van der Waals surface area (Å²) in [5, 5.41) is 8.41. The van der Waals surface area contributed by atoms with Crippen molar-refractivity contribution in [3.8, 4) is 11.5 Å². The molecule has 1 aliphatic heterocycles. The fraction of sp³-hybridized carbons (Fsp3) is 0.0588. The van der Waals surface area contributed by atoms with Crippen LogP contribution in [0.15, 0.2) is 58.9 Å². The molecule has 2 heterocycles. The van der Waals surface area contributed by atoms with E-state index in [0.717, 1.165) is 5.69 Å². The number of nitrogens with zero attached hydrogens (tertiary/aromatic N) is 1. The van der Waals surface area contributed by atoms with Crippen molar-refractivity contribution in [3.05, 3.63) is 54.0 Å². The maximum atomic E-state index is 12.3. The average molecular weight is 435 g/mol. The Hall–Kier alpha value is -2.89. The van der Waals surface area contributed by atoms with E-state index in [2.05, 4.69) is 20.3 Å². The zero-order valence-corrected chi connectivity index (χ0v) is 16.7. The van der Waals surface area contributed by atoms with Crippen molar-refractivity contribution in [1.29, 1.82) is 0 Å². The molecule has 144 valence electrons. The molecule has 0 amide bonds. The van der Waals surface area contributed by atoms with Crippen LogP contribution in [0.3, 0.4) is 0 Å². The van der Waals surface area contributed by atoms with Gasteiger partial charge in [0.2, 0.25) is 6.79 Å². The number of sulfonamides is 1. The Morgan fingerprint density at radius 2 is 1.75 bits per heavy atom. The topological polar surface area (TPSA) is 102 Å². The number of thiocarbonyl (C=S) groups is 1. The smallest absolute Gasteiger partial charge is 0.263 e. The standard InChI is InChI=1S/C17H14N4O4S3/c22-28(23,21-17-18-7-8-27-17)13-4-1-11(2-5-13)19-16(26)20-12-3-6-14-15(9-12)25-10-24-14/h1-9H,10H2,(H,18,21)(H2,19,20,26). The van der Waals surface area contributed by atoms with Gasteiger partial charge in [-0.2, -0.15) is 0 Å². The molecular formula is C17H14N4O4S3. The molecular weight excluding hydrogens is 420 g/mol. The zero-order valence-electron chi connectivity index (χ0n) is 14.2. The van der Waals surface area contributed by atoms with E-state index in [1.165, 1.54) is 29.7 Å². The molecule has 0 unspecified atom stereocenters. The van der Waals surface area contributed by atoms with E-state index in [9.17, 15) is 8.42 Å². The van der Waals surface area contributed by atoms with Crippen LogP contribution in [-0.2, 0) is 10.0 Å². The molecule has 0 radical (unpaired) electrons. The first-order valence-electron chi connectivity index (χ1n) is 8.00. The van der Waals surface area contributed by atoms with E-state index in [1.807, 2.05) is 6.07 Å². The molecule has 0 atom stereocenters. The minimum atomic E-state index is -3.69. The molecule has 0 bridgehead atoms. The van der Waals surface area contributed by atoms with Crippen molar-refractivity contribution in [2.75, 3.05) is 22.1 Å². The SMILES string of the molecule is O=S(=O)(Nc1nccs1)c1ccc(NC(=S)Nc2ccc3c(c2)OCO3)cc1. The van der Waals surface area contributed by atoms with Gasteiger partial charge in [0.05, 0.1) is 4.90 Å². The molecule has 8 nitrogen and oxygen atoms in total. The van der Waals surface area contributed by atoms with Gasteiger partial charge in [-0.25, -0.2) is 13.4 Å². The molecule has 1 aliphatic rings. The predicted molar refractivity (Wildman–Crippen MR) is 112 cm³/mol. The number of nitrogens with one attached hydrogen (secondary N) is 3. The Morgan fingerprint density at radius 1 is 1.04 bits per heavy atom. The minimum absolute atomic E-state index is 0.128. The Kier molecular flexibility index (Phi) is 5.03. The largest absolute Gasteiger partial charge is 0.454 e. The van der Waals surface area contributed by atoms with Crippen LogP contribution in [0.2, 0.25) is 0 Å². The van der Waals surface area contributed by atoms with Gasteiger partial charge in [0.15, 0.2) is 21.7 Å². The van der Waals surface area contributed by atoms with Crippen LogP contribution in [0.5, 0.6) is 11.5 Å². The molecule has 0 saturated heterocycles. The van der Waals surface area contributed by atoms with E-state index in [0.29, 0.717) is 27.4 Å². The van der Waals surface area contributed by atoms with E-state index >= 15 is 0 Å². The lowest BCUT2D eigenvalue weighted by Crippen LogP contribution is -2.19. The van der Waals surface area contributed by atoms with Gasteiger partial charge in [0.1, 0.15) is 0 Å². The third-order valence-electron chi connectivity index (χ3n) is 3.71. The summed E-state index contributed by atoms with van der Waals surface area (Å²) in [6.07, 6.45) is 1.53. The second-order valence-corrected chi connectivity index (χ2v) is 8.60. The summed E-state index contributed by atoms with van der Waals surface area (Å²) in [5.41, 5.74) is 1.39. The van der Waals surface area contributed by atoms with Crippen molar-refractivity contribution in [2.45, 2.75) is 4.90 Å². The Morgan fingerprint density at radius 3 is 2.50 bits per heavy atom. The van der Waals surface area contributed by atoms with E-state index < -0.39 is 10.0 Å². The Bertz CT molecular complexity index is 1100. The molecule has 3 aromatic rings. The van der Waals surface area contributed by atoms with Crippen molar-refractivity contribution < 1.29 is 17.9 Å². The van der Waals surface area contributed by atoms with Crippen molar-refractivity contribution in [2.24, 2.45) is 0 Å². The van der Waals surface area contributed by atoms with Crippen LogP contribution in [-0.4, -0.2) is 25.3 Å². The van der Waals surface area contributed by atoms with Gasteiger partial charge in [-0.05, 0) is 48.6 Å². The van der Waals surface area contributed by atoms with E-state index in [-0.39, 0.29) is 11.7 Å². The van der Waals surface area contributed by atoms with Gasteiger partial charge in [-0.15, -0.1) is 11.3 Å². The first-order chi connectivity index (χ1) is 13.5. The van der Waals surface area contributed by atoms with Crippen LogP contribution in [0, 0.1) is 0 Å². The first-order valence-corrected chi connectivity index (χ1v) is 10.8. The summed E-state index contributed by atoms with van der Waals surface area (Å²) in [5.74, 6) is 1.34. The van der Waals surface area contributed by atoms with Crippen LogP contribution in [0.1, 0.15) is 0 Å². The summed E-state index contributed by atoms with van der Waals surface area (Å²) in [6, 6.07) is 11.6. The molecule has 4 rings (SSSR count). The Balaban J connectivity index is 1.39. The summed E-state index contributed by atoms with van der Waals surface area (Å²) in [6.45, 7) is 0.203. The van der Waals surface area contributed by atoms with Crippen LogP contribution in [0.25, 0.3) is 0 Å². The monoisotopic (exact) mass is 434 g/mol. The van der Waals surface area contributed by atoms with Crippen LogP contribution >= 0.6 is 23.6 Å². The number of anilines is 3. The lowest BCUT2D eigenvalue weighted by atomic mass is 10.3. The average Bonchev–Trinajstić information content (AvgIpc) is 3.33. The maximum Gasteiger partial charge on any atom is 0.263 e. The highest BCUT2D eigenvalue weighted by molar-refractivity contribution is 7.93. The van der Waals surface area contributed by atoms with Gasteiger partial charge in [-0.3, -0.25) is 4.72 Å². The summed E-state index contributed by atoms with van der Waals surface area (Å²) in [4.78, 5) is 4.05. The van der Waals surface area contributed by atoms with E-state index in [1.54, 1.807) is 29.6 Å². The lowest BCUT2D eigenvalue weighted by molar-refractivity contribution is 0.174. The molecule has 1 aromatic heterocycles.